The number of anilines is 2. The van der Waals surface area contributed by atoms with E-state index < -0.39 is 16.1 Å². The van der Waals surface area contributed by atoms with Crippen LogP contribution in [0.25, 0.3) is 0 Å². The minimum absolute atomic E-state index is 0.295. The maximum Gasteiger partial charge on any atom is 0.265 e. The van der Waals surface area contributed by atoms with Crippen LogP contribution in [0.4, 0.5) is 11.4 Å². The van der Waals surface area contributed by atoms with Crippen LogP contribution in [-0.2, 0) is 14.8 Å². The summed E-state index contributed by atoms with van der Waals surface area (Å²) in [5.74, 6) is 0.908. The van der Waals surface area contributed by atoms with E-state index in [1.54, 1.807) is 55.5 Å². The van der Waals surface area contributed by atoms with Gasteiger partial charge in [-0.2, -0.15) is 0 Å². The zero-order valence-electron chi connectivity index (χ0n) is 15.8. The van der Waals surface area contributed by atoms with E-state index in [1.807, 2.05) is 6.92 Å². The second-order valence-corrected chi connectivity index (χ2v) is 7.94. The quantitative estimate of drug-likeness (QED) is 0.747. The summed E-state index contributed by atoms with van der Waals surface area (Å²) >= 11 is 0. The highest BCUT2D eigenvalue weighted by Crippen LogP contribution is 2.21. The van der Waals surface area contributed by atoms with Crippen LogP contribution in [0.2, 0.25) is 0 Å². The fourth-order valence-corrected chi connectivity index (χ4v) is 2.73. The molecule has 0 saturated carbocycles. The van der Waals surface area contributed by atoms with Crippen molar-refractivity contribution in [3.05, 3.63) is 48.5 Å². The molecule has 0 saturated heterocycles. The van der Waals surface area contributed by atoms with Gasteiger partial charge in [0, 0.05) is 12.7 Å². The summed E-state index contributed by atoms with van der Waals surface area (Å²) in [7, 11) is -1.86. The Morgan fingerprint density at radius 1 is 1.07 bits per heavy atom. The van der Waals surface area contributed by atoms with Crippen molar-refractivity contribution in [2.24, 2.45) is 0 Å². The van der Waals surface area contributed by atoms with E-state index in [2.05, 4.69) is 5.32 Å². The fraction of sp³-hybridized carbons (Fsp3) is 0.316. The summed E-state index contributed by atoms with van der Waals surface area (Å²) < 4.78 is 35.3. The molecule has 0 radical (unpaired) electrons. The molecule has 0 fully saturated rings. The average Bonchev–Trinajstić information content (AvgIpc) is 2.63. The highest BCUT2D eigenvalue weighted by Gasteiger charge is 2.16. The molecule has 0 aliphatic rings. The molecule has 0 heterocycles. The van der Waals surface area contributed by atoms with Crippen molar-refractivity contribution in [1.29, 1.82) is 0 Å². The molecule has 0 aliphatic heterocycles. The van der Waals surface area contributed by atoms with Crippen LogP contribution >= 0.6 is 0 Å². The first-order valence-electron chi connectivity index (χ1n) is 8.45. The maximum absolute atomic E-state index is 12.3. The Balaban J connectivity index is 1.95. The van der Waals surface area contributed by atoms with Gasteiger partial charge in [0.15, 0.2) is 6.10 Å². The van der Waals surface area contributed by atoms with Crippen molar-refractivity contribution in [2.75, 3.05) is 29.5 Å². The number of carbonyl (C=O) groups is 1. The zero-order chi connectivity index (χ0) is 20.0. The number of sulfonamides is 1. The standard InChI is InChI=1S/C19H24N2O5S/c1-5-25-17-10-6-15(7-11-17)20-19(22)14(2)26-18-12-8-16(9-13-18)21(3)27(4,23)24/h6-14H,5H2,1-4H3,(H,20,22)/t14-/m0/s1. The summed E-state index contributed by atoms with van der Waals surface area (Å²) in [6, 6.07) is 13.6. The van der Waals surface area contributed by atoms with Gasteiger partial charge in [-0.25, -0.2) is 8.42 Å². The molecule has 146 valence electrons. The molecule has 8 heteroatoms. The normalized spacial score (nSPS) is 12.1. The summed E-state index contributed by atoms with van der Waals surface area (Å²) in [6.45, 7) is 4.12. The van der Waals surface area contributed by atoms with Gasteiger partial charge in [0.2, 0.25) is 10.0 Å². The van der Waals surface area contributed by atoms with Crippen molar-refractivity contribution in [3.8, 4) is 11.5 Å². The topological polar surface area (TPSA) is 84.9 Å². The number of benzene rings is 2. The first-order valence-corrected chi connectivity index (χ1v) is 10.3. The van der Waals surface area contributed by atoms with E-state index in [-0.39, 0.29) is 5.91 Å². The molecular weight excluding hydrogens is 368 g/mol. The molecular formula is C19H24N2O5S. The Labute approximate surface area is 160 Å². The number of nitrogens with one attached hydrogen (secondary N) is 1. The fourth-order valence-electron chi connectivity index (χ4n) is 2.23. The van der Waals surface area contributed by atoms with Gasteiger partial charge in [-0.1, -0.05) is 0 Å². The molecule has 1 atom stereocenters. The number of ether oxygens (including phenoxy) is 2. The van der Waals surface area contributed by atoms with E-state index in [0.29, 0.717) is 23.7 Å². The molecule has 2 aromatic carbocycles. The Bertz CT molecular complexity index is 864. The van der Waals surface area contributed by atoms with E-state index in [9.17, 15) is 13.2 Å². The lowest BCUT2D eigenvalue weighted by Gasteiger charge is -2.18. The van der Waals surface area contributed by atoms with Crippen LogP contribution in [0, 0.1) is 0 Å². The minimum atomic E-state index is -3.33. The molecule has 0 aromatic heterocycles. The highest BCUT2D eigenvalue weighted by molar-refractivity contribution is 7.92. The van der Waals surface area contributed by atoms with Gasteiger partial charge >= 0.3 is 0 Å². The van der Waals surface area contributed by atoms with Gasteiger partial charge in [0.25, 0.3) is 5.91 Å². The van der Waals surface area contributed by atoms with Gasteiger partial charge < -0.3 is 14.8 Å². The zero-order valence-corrected chi connectivity index (χ0v) is 16.6. The van der Waals surface area contributed by atoms with Crippen LogP contribution in [0.3, 0.4) is 0 Å². The van der Waals surface area contributed by atoms with Crippen LogP contribution < -0.4 is 19.1 Å². The monoisotopic (exact) mass is 392 g/mol. The summed E-state index contributed by atoms with van der Waals surface area (Å²) in [5.41, 5.74) is 1.15. The Hall–Kier alpha value is -2.74. The van der Waals surface area contributed by atoms with Crippen molar-refractivity contribution in [3.63, 3.8) is 0 Å². The smallest absolute Gasteiger partial charge is 0.265 e. The number of hydrogen-bond donors (Lipinski definition) is 1. The largest absolute Gasteiger partial charge is 0.494 e. The lowest BCUT2D eigenvalue weighted by molar-refractivity contribution is -0.122. The van der Waals surface area contributed by atoms with Gasteiger partial charge in [-0.15, -0.1) is 0 Å². The molecule has 2 rings (SSSR count). The van der Waals surface area contributed by atoms with Crippen molar-refractivity contribution in [1.82, 2.24) is 0 Å². The molecule has 7 nitrogen and oxygen atoms in total. The molecule has 0 aliphatic carbocycles. The third-order valence-corrected chi connectivity index (χ3v) is 5.02. The van der Waals surface area contributed by atoms with Crippen LogP contribution in [0.15, 0.2) is 48.5 Å². The Morgan fingerprint density at radius 2 is 1.63 bits per heavy atom. The van der Waals surface area contributed by atoms with Gasteiger partial charge in [0.05, 0.1) is 18.6 Å². The number of carbonyl (C=O) groups excluding carboxylic acids is 1. The Kier molecular flexibility index (Phi) is 6.68. The third-order valence-electron chi connectivity index (χ3n) is 3.81. The van der Waals surface area contributed by atoms with E-state index in [1.165, 1.54) is 11.4 Å². The van der Waals surface area contributed by atoms with Crippen molar-refractivity contribution >= 4 is 27.3 Å². The van der Waals surface area contributed by atoms with Gasteiger partial charge in [-0.05, 0) is 62.4 Å². The lowest BCUT2D eigenvalue weighted by atomic mass is 10.2. The highest BCUT2D eigenvalue weighted by atomic mass is 32.2. The molecule has 1 amide bonds. The second kappa shape index (κ2) is 8.77. The Morgan fingerprint density at radius 3 is 2.15 bits per heavy atom. The van der Waals surface area contributed by atoms with Crippen LogP contribution in [0.1, 0.15) is 13.8 Å². The lowest BCUT2D eigenvalue weighted by Crippen LogP contribution is -2.30. The first-order chi connectivity index (χ1) is 12.7. The molecule has 0 unspecified atom stereocenters. The molecule has 0 spiro atoms. The number of amides is 1. The predicted molar refractivity (Wildman–Crippen MR) is 106 cm³/mol. The summed E-state index contributed by atoms with van der Waals surface area (Å²) in [6.07, 6.45) is 0.403. The molecule has 0 bridgehead atoms. The van der Waals surface area contributed by atoms with E-state index >= 15 is 0 Å². The maximum atomic E-state index is 12.3. The van der Waals surface area contributed by atoms with Crippen LogP contribution in [0.5, 0.6) is 11.5 Å². The molecule has 27 heavy (non-hydrogen) atoms. The number of rotatable bonds is 8. The average molecular weight is 392 g/mol. The van der Waals surface area contributed by atoms with Crippen LogP contribution in [-0.4, -0.2) is 40.3 Å². The minimum Gasteiger partial charge on any atom is -0.494 e. The third kappa shape index (κ3) is 5.89. The van der Waals surface area contributed by atoms with Crippen molar-refractivity contribution in [2.45, 2.75) is 20.0 Å². The second-order valence-electron chi connectivity index (χ2n) is 5.93. The first kappa shape index (κ1) is 20.6. The van der Waals surface area contributed by atoms with E-state index in [0.717, 1.165) is 12.0 Å². The molecule has 2 aromatic rings. The van der Waals surface area contributed by atoms with E-state index in [4.69, 9.17) is 9.47 Å². The molecule has 1 N–H and O–H groups in total. The number of nitrogens with zero attached hydrogens (tertiary/aromatic N) is 1. The summed E-state index contributed by atoms with van der Waals surface area (Å²) in [5, 5.41) is 2.77. The predicted octanol–water partition coefficient (Wildman–Crippen LogP) is 2.89. The SMILES string of the molecule is CCOc1ccc(NC(=O)[C@H](C)Oc2ccc(N(C)S(C)(=O)=O)cc2)cc1. The van der Waals surface area contributed by atoms with Gasteiger partial charge in [-0.3, -0.25) is 9.10 Å². The number of hydrogen-bond acceptors (Lipinski definition) is 5. The van der Waals surface area contributed by atoms with Crippen molar-refractivity contribution < 1.29 is 22.7 Å². The van der Waals surface area contributed by atoms with Gasteiger partial charge in [0.1, 0.15) is 11.5 Å². The summed E-state index contributed by atoms with van der Waals surface area (Å²) in [4.78, 5) is 12.3.